The summed E-state index contributed by atoms with van der Waals surface area (Å²) in [6.45, 7) is 5.76. The van der Waals surface area contributed by atoms with Gasteiger partial charge in [-0.3, -0.25) is 4.79 Å². The molecule has 0 atom stereocenters. The zero-order chi connectivity index (χ0) is 20.8. The number of carbonyl (C=O) groups is 2. The minimum absolute atomic E-state index is 0.0693. The molecule has 4 heteroatoms. The van der Waals surface area contributed by atoms with Crippen LogP contribution in [-0.2, 0) is 4.79 Å². The Bertz CT molecular complexity index is 1010. The highest BCUT2D eigenvalue weighted by Crippen LogP contribution is 2.26. The zero-order valence-electron chi connectivity index (χ0n) is 16.8. The third-order valence-corrected chi connectivity index (χ3v) is 4.58. The zero-order valence-corrected chi connectivity index (χ0v) is 16.8. The van der Waals surface area contributed by atoms with E-state index in [2.05, 4.69) is 13.8 Å². The minimum atomic E-state index is -0.492. The highest BCUT2D eigenvalue weighted by molar-refractivity contribution is 6.09. The van der Waals surface area contributed by atoms with Crippen LogP contribution in [0.25, 0.3) is 0 Å². The van der Waals surface area contributed by atoms with Crippen LogP contribution < -0.4 is 9.47 Å². The molecule has 148 valence electrons. The minimum Gasteiger partial charge on any atom is -0.482 e. The fourth-order valence-corrected chi connectivity index (χ4v) is 3.04. The van der Waals surface area contributed by atoms with Crippen LogP contribution in [0.1, 0.15) is 46.8 Å². The summed E-state index contributed by atoms with van der Waals surface area (Å²) in [6, 6.07) is 21.8. The Kier molecular flexibility index (Phi) is 6.45. The molecule has 0 saturated carbocycles. The summed E-state index contributed by atoms with van der Waals surface area (Å²) in [7, 11) is 0. The van der Waals surface area contributed by atoms with Crippen molar-refractivity contribution in [2.75, 3.05) is 6.61 Å². The molecule has 0 aromatic heterocycles. The maximum Gasteiger partial charge on any atom is 0.349 e. The molecule has 0 saturated heterocycles. The molecule has 4 nitrogen and oxygen atoms in total. The smallest absolute Gasteiger partial charge is 0.349 e. The van der Waals surface area contributed by atoms with Crippen LogP contribution in [0.3, 0.4) is 0 Å². The number of esters is 1. The van der Waals surface area contributed by atoms with E-state index in [0.717, 1.165) is 5.56 Å². The van der Waals surface area contributed by atoms with E-state index in [1.165, 1.54) is 0 Å². The lowest BCUT2D eigenvalue weighted by atomic mass is 10.0. The SMILES string of the molecule is Cc1cc(C(=O)c2ccccc2)ccc1OC(=O)COc1ccccc1C(C)C. The quantitative estimate of drug-likeness (QED) is 0.312. The first-order valence-corrected chi connectivity index (χ1v) is 9.58. The van der Waals surface area contributed by atoms with Crippen LogP contribution in [0, 0.1) is 6.92 Å². The highest BCUT2D eigenvalue weighted by atomic mass is 16.6. The fourth-order valence-electron chi connectivity index (χ4n) is 3.04. The summed E-state index contributed by atoms with van der Waals surface area (Å²) < 4.78 is 11.1. The molecule has 0 spiro atoms. The van der Waals surface area contributed by atoms with Gasteiger partial charge in [0.2, 0.25) is 0 Å². The summed E-state index contributed by atoms with van der Waals surface area (Å²) in [5.74, 6) is 0.827. The van der Waals surface area contributed by atoms with Crippen molar-refractivity contribution in [3.05, 3.63) is 95.1 Å². The van der Waals surface area contributed by atoms with E-state index in [-0.39, 0.29) is 12.4 Å². The van der Waals surface area contributed by atoms with Gasteiger partial charge in [0.1, 0.15) is 11.5 Å². The van der Waals surface area contributed by atoms with Gasteiger partial charge in [-0.15, -0.1) is 0 Å². The normalized spacial score (nSPS) is 10.6. The summed E-state index contributed by atoms with van der Waals surface area (Å²) >= 11 is 0. The van der Waals surface area contributed by atoms with E-state index >= 15 is 0 Å². The third-order valence-electron chi connectivity index (χ3n) is 4.58. The number of benzene rings is 3. The lowest BCUT2D eigenvalue weighted by Gasteiger charge is -2.14. The lowest BCUT2D eigenvalue weighted by Crippen LogP contribution is -2.18. The van der Waals surface area contributed by atoms with E-state index < -0.39 is 5.97 Å². The molecule has 0 aliphatic carbocycles. The van der Waals surface area contributed by atoms with Crippen LogP contribution >= 0.6 is 0 Å². The van der Waals surface area contributed by atoms with Crippen LogP contribution in [-0.4, -0.2) is 18.4 Å². The number of hydrogen-bond acceptors (Lipinski definition) is 4. The Morgan fingerprint density at radius 2 is 1.52 bits per heavy atom. The van der Waals surface area contributed by atoms with E-state index in [1.54, 1.807) is 37.3 Å². The van der Waals surface area contributed by atoms with Crippen LogP contribution in [0.2, 0.25) is 0 Å². The monoisotopic (exact) mass is 388 g/mol. The standard InChI is InChI=1S/C25H24O4/c1-17(2)21-11-7-8-12-23(21)28-16-24(26)29-22-14-13-20(15-18(22)3)25(27)19-9-5-4-6-10-19/h4-15,17H,16H2,1-3H3. The topological polar surface area (TPSA) is 52.6 Å². The van der Waals surface area contributed by atoms with E-state index in [4.69, 9.17) is 9.47 Å². The molecule has 0 amide bonds. The number of aryl methyl sites for hydroxylation is 1. The Morgan fingerprint density at radius 3 is 2.21 bits per heavy atom. The predicted octanol–water partition coefficient (Wildman–Crippen LogP) is 5.33. The largest absolute Gasteiger partial charge is 0.482 e. The first-order valence-electron chi connectivity index (χ1n) is 9.58. The van der Waals surface area contributed by atoms with E-state index in [9.17, 15) is 9.59 Å². The van der Waals surface area contributed by atoms with Crippen molar-refractivity contribution in [2.24, 2.45) is 0 Å². The molecular weight excluding hydrogens is 364 g/mol. The molecule has 0 fully saturated rings. The van der Waals surface area contributed by atoms with Crippen molar-refractivity contribution in [1.29, 1.82) is 0 Å². The van der Waals surface area contributed by atoms with Crippen molar-refractivity contribution < 1.29 is 19.1 Å². The summed E-state index contributed by atoms with van der Waals surface area (Å²) in [5, 5.41) is 0. The van der Waals surface area contributed by atoms with Gasteiger partial charge in [-0.05, 0) is 48.2 Å². The van der Waals surface area contributed by atoms with Gasteiger partial charge in [-0.1, -0.05) is 62.4 Å². The van der Waals surface area contributed by atoms with E-state index in [1.807, 2.05) is 42.5 Å². The predicted molar refractivity (Wildman–Crippen MR) is 113 cm³/mol. The first kappa shape index (κ1) is 20.3. The van der Waals surface area contributed by atoms with Gasteiger partial charge in [-0.25, -0.2) is 4.79 Å². The van der Waals surface area contributed by atoms with Crippen molar-refractivity contribution in [2.45, 2.75) is 26.7 Å². The number of hydrogen-bond donors (Lipinski definition) is 0. The molecule has 29 heavy (non-hydrogen) atoms. The second kappa shape index (κ2) is 9.20. The van der Waals surface area contributed by atoms with Crippen molar-refractivity contribution >= 4 is 11.8 Å². The molecule has 0 aliphatic heterocycles. The highest BCUT2D eigenvalue weighted by Gasteiger charge is 2.14. The summed E-state index contributed by atoms with van der Waals surface area (Å²) in [6.07, 6.45) is 0. The maximum atomic E-state index is 12.6. The second-order valence-corrected chi connectivity index (χ2v) is 7.13. The van der Waals surface area contributed by atoms with Gasteiger partial charge in [0.15, 0.2) is 12.4 Å². The summed E-state index contributed by atoms with van der Waals surface area (Å²) in [4.78, 5) is 24.8. The van der Waals surface area contributed by atoms with Gasteiger partial charge in [-0.2, -0.15) is 0 Å². The van der Waals surface area contributed by atoms with Gasteiger partial charge in [0.25, 0.3) is 0 Å². The Balaban J connectivity index is 1.65. The van der Waals surface area contributed by atoms with Gasteiger partial charge in [0.05, 0.1) is 0 Å². The molecule has 0 heterocycles. The third kappa shape index (κ3) is 5.11. The van der Waals surface area contributed by atoms with Crippen LogP contribution in [0.5, 0.6) is 11.5 Å². The number of ketones is 1. The number of carbonyl (C=O) groups excluding carboxylic acids is 2. The molecule has 3 aromatic carbocycles. The molecule has 3 rings (SSSR count). The Hall–Kier alpha value is -3.40. The number of ether oxygens (including phenoxy) is 2. The lowest BCUT2D eigenvalue weighted by molar-refractivity contribution is -0.136. The molecule has 0 N–H and O–H groups in total. The molecular formula is C25H24O4. The molecule has 0 unspecified atom stereocenters. The molecule has 0 radical (unpaired) electrons. The first-order chi connectivity index (χ1) is 14.0. The van der Waals surface area contributed by atoms with Crippen molar-refractivity contribution in [1.82, 2.24) is 0 Å². The molecule has 0 bridgehead atoms. The Labute approximate surface area is 171 Å². The van der Waals surface area contributed by atoms with E-state index in [0.29, 0.717) is 34.1 Å². The molecule has 0 aliphatic rings. The fraction of sp³-hybridized carbons (Fsp3) is 0.200. The average molecular weight is 388 g/mol. The van der Waals surface area contributed by atoms with Gasteiger partial charge in [0, 0.05) is 11.1 Å². The van der Waals surface area contributed by atoms with Crippen molar-refractivity contribution in [3.8, 4) is 11.5 Å². The van der Waals surface area contributed by atoms with Crippen LogP contribution in [0.15, 0.2) is 72.8 Å². The van der Waals surface area contributed by atoms with Crippen molar-refractivity contribution in [3.63, 3.8) is 0 Å². The Morgan fingerprint density at radius 1 is 0.828 bits per heavy atom. The summed E-state index contributed by atoms with van der Waals surface area (Å²) in [5.41, 5.74) is 2.92. The maximum absolute atomic E-state index is 12.6. The average Bonchev–Trinajstić information content (AvgIpc) is 2.74. The van der Waals surface area contributed by atoms with Gasteiger partial charge >= 0.3 is 5.97 Å². The second-order valence-electron chi connectivity index (χ2n) is 7.13. The molecule has 3 aromatic rings. The van der Waals surface area contributed by atoms with Crippen LogP contribution in [0.4, 0.5) is 0 Å². The van der Waals surface area contributed by atoms with Gasteiger partial charge < -0.3 is 9.47 Å². The number of rotatable bonds is 7. The number of para-hydroxylation sites is 1.